The molecule has 0 spiro atoms. The molecule has 0 atom stereocenters. The van der Waals surface area contributed by atoms with Crippen molar-refractivity contribution in [2.45, 2.75) is 0 Å². The van der Waals surface area contributed by atoms with Crippen LogP contribution in [0.2, 0.25) is 0 Å². The number of fused-ring (bicyclic) bond motifs is 3. The SMILES string of the molecule is Nc1ccc2c3c(sc2c1)\C=C/C=C(c1ccccc1)\C=C\3. The van der Waals surface area contributed by atoms with Crippen molar-refractivity contribution in [3.05, 3.63) is 82.8 Å². The van der Waals surface area contributed by atoms with E-state index >= 15 is 0 Å². The predicted molar refractivity (Wildman–Crippen MR) is 98.7 cm³/mol. The van der Waals surface area contributed by atoms with Crippen molar-refractivity contribution in [2.24, 2.45) is 0 Å². The molecule has 22 heavy (non-hydrogen) atoms. The number of nitrogens with two attached hydrogens (primary N) is 1. The summed E-state index contributed by atoms with van der Waals surface area (Å²) >= 11 is 1.79. The van der Waals surface area contributed by atoms with E-state index in [2.05, 4.69) is 66.8 Å². The minimum atomic E-state index is 0.817. The molecular formula is C20H15NS. The van der Waals surface area contributed by atoms with Crippen LogP contribution >= 0.6 is 11.3 Å². The molecular weight excluding hydrogens is 286 g/mol. The molecule has 0 fully saturated rings. The Labute approximate surface area is 133 Å². The van der Waals surface area contributed by atoms with Gasteiger partial charge in [-0.05, 0) is 29.3 Å². The molecule has 1 aliphatic carbocycles. The van der Waals surface area contributed by atoms with Crippen LogP contribution in [0.4, 0.5) is 5.69 Å². The van der Waals surface area contributed by atoms with Crippen LogP contribution < -0.4 is 5.73 Å². The Hall–Kier alpha value is -2.58. The van der Waals surface area contributed by atoms with Crippen LogP contribution in [0.3, 0.4) is 0 Å². The molecule has 2 heteroatoms. The monoisotopic (exact) mass is 301 g/mol. The minimum absolute atomic E-state index is 0.817. The first-order valence-corrected chi connectivity index (χ1v) is 8.07. The van der Waals surface area contributed by atoms with Gasteiger partial charge in [-0.3, -0.25) is 0 Å². The first-order chi connectivity index (χ1) is 10.8. The minimum Gasteiger partial charge on any atom is -0.399 e. The maximum Gasteiger partial charge on any atom is 0.0375 e. The highest BCUT2D eigenvalue weighted by Crippen LogP contribution is 2.36. The lowest BCUT2D eigenvalue weighted by atomic mass is 10.0. The Morgan fingerprint density at radius 1 is 0.864 bits per heavy atom. The van der Waals surface area contributed by atoms with E-state index in [0.717, 1.165) is 5.69 Å². The second-order valence-electron chi connectivity index (χ2n) is 5.32. The predicted octanol–water partition coefficient (Wildman–Crippen LogP) is 5.61. The van der Waals surface area contributed by atoms with Gasteiger partial charge in [-0.25, -0.2) is 0 Å². The van der Waals surface area contributed by atoms with Crippen molar-refractivity contribution in [1.82, 2.24) is 0 Å². The summed E-state index contributed by atoms with van der Waals surface area (Å²) in [6.07, 6.45) is 10.9. The summed E-state index contributed by atoms with van der Waals surface area (Å²) < 4.78 is 1.24. The van der Waals surface area contributed by atoms with Gasteiger partial charge in [-0.1, -0.05) is 60.7 Å². The molecule has 0 saturated carbocycles. The number of hydrogen-bond acceptors (Lipinski definition) is 2. The summed E-state index contributed by atoms with van der Waals surface area (Å²) in [7, 11) is 0. The van der Waals surface area contributed by atoms with Crippen molar-refractivity contribution < 1.29 is 0 Å². The summed E-state index contributed by atoms with van der Waals surface area (Å²) in [5.74, 6) is 0. The molecule has 0 amide bonds. The maximum absolute atomic E-state index is 5.90. The van der Waals surface area contributed by atoms with E-state index in [1.54, 1.807) is 11.3 Å². The molecule has 0 unspecified atom stereocenters. The largest absolute Gasteiger partial charge is 0.399 e. The molecule has 2 aromatic carbocycles. The van der Waals surface area contributed by atoms with Crippen molar-refractivity contribution >= 4 is 44.8 Å². The van der Waals surface area contributed by atoms with E-state index in [9.17, 15) is 0 Å². The highest BCUT2D eigenvalue weighted by molar-refractivity contribution is 7.20. The van der Waals surface area contributed by atoms with Gasteiger partial charge < -0.3 is 5.73 Å². The van der Waals surface area contributed by atoms with Gasteiger partial charge in [-0.2, -0.15) is 0 Å². The lowest BCUT2D eigenvalue weighted by Gasteiger charge is -2.04. The number of nitrogen functional groups attached to an aromatic ring is 1. The van der Waals surface area contributed by atoms with Crippen molar-refractivity contribution in [3.8, 4) is 0 Å². The molecule has 1 aliphatic rings. The van der Waals surface area contributed by atoms with Gasteiger partial charge in [-0.15, -0.1) is 11.3 Å². The quantitative estimate of drug-likeness (QED) is 0.581. The summed E-state index contributed by atoms with van der Waals surface area (Å²) in [4.78, 5) is 1.28. The molecule has 106 valence electrons. The van der Waals surface area contributed by atoms with Gasteiger partial charge in [0.2, 0.25) is 0 Å². The third kappa shape index (κ3) is 2.28. The first-order valence-electron chi connectivity index (χ1n) is 7.25. The maximum atomic E-state index is 5.90. The van der Waals surface area contributed by atoms with E-state index in [0.29, 0.717) is 0 Å². The fourth-order valence-electron chi connectivity index (χ4n) is 2.74. The molecule has 1 heterocycles. The number of benzene rings is 2. The number of anilines is 1. The van der Waals surface area contributed by atoms with E-state index in [4.69, 9.17) is 5.73 Å². The van der Waals surface area contributed by atoms with Crippen LogP contribution in [0, 0.1) is 0 Å². The van der Waals surface area contributed by atoms with E-state index in [-0.39, 0.29) is 0 Å². The Morgan fingerprint density at radius 2 is 1.73 bits per heavy atom. The van der Waals surface area contributed by atoms with Gasteiger partial charge >= 0.3 is 0 Å². The Balaban J connectivity index is 1.84. The second kappa shape index (κ2) is 5.32. The standard InChI is InChI=1S/C20H15NS/c21-16-10-12-18-17-11-9-15(14-5-2-1-3-6-14)7-4-8-19(17)22-20(18)13-16/h1-13H,21H2/b7-4?,8-4-,11-9+,15-7+,15-9?,17-11?,19-8?. The van der Waals surface area contributed by atoms with Gasteiger partial charge in [0, 0.05) is 26.2 Å². The molecule has 0 bridgehead atoms. The van der Waals surface area contributed by atoms with Gasteiger partial charge in [0.25, 0.3) is 0 Å². The lowest BCUT2D eigenvalue weighted by molar-refractivity contribution is 1.62. The number of hydrogen-bond donors (Lipinski definition) is 1. The zero-order chi connectivity index (χ0) is 14.9. The second-order valence-corrected chi connectivity index (χ2v) is 6.40. The normalized spacial score (nSPS) is 18.8. The molecule has 1 aromatic heterocycles. The molecule has 0 saturated heterocycles. The Morgan fingerprint density at radius 3 is 2.59 bits per heavy atom. The summed E-state index contributed by atoms with van der Waals surface area (Å²) in [5.41, 5.74) is 10.4. The van der Waals surface area contributed by atoms with Crippen LogP contribution in [-0.4, -0.2) is 0 Å². The Kier molecular flexibility index (Phi) is 3.17. The molecule has 0 radical (unpaired) electrons. The van der Waals surface area contributed by atoms with Crippen LogP contribution in [0.1, 0.15) is 16.0 Å². The fraction of sp³-hybridized carbons (Fsp3) is 0. The Bertz CT molecular complexity index is 927. The lowest BCUT2D eigenvalue weighted by Crippen LogP contribution is -1.83. The number of allylic oxidation sites excluding steroid dienone is 4. The van der Waals surface area contributed by atoms with Crippen LogP contribution in [0.15, 0.2) is 66.8 Å². The van der Waals surface area contributed by atoms with Gasteiger partial charge in [0.05, 0.1) is 0 Å². The van der Waals surface area contributed by atoms with Gasteiger partial charge in [0.15, 0.2) is 0 Å². The van der Waals surface area contributed by atoms with Crippen molar-refractivity contribution in [1.29, 1.82) is 0 Å². The zero-order valence-electron chi connectivity index (χ0n) is 12.0. The van der Waals surface area contributed by atoms with Crippen molar-refractivity contribution in [3.63, 3.8) is 0 Å². The van der Waals surface area contributed by atoms with E-state index in [1.807, 2.05) is 12.1 Å². The fourth-order valence-corrected chi connectivity index (χ4v) is 3.89. The zero-order valence-corrected chi connectivity index (χ0v) is 12.8. The smallest absolute Gasteiger partial charge is 0.0375 e. The summed E-state index contributed by atoms with van der Waals surface area (Å²) in [5, 5.41) is 1.27. The molecule has 3 aromatic rings. The summed E-state index contributed by atoms with van der Waals surface area (Å²) in [6, 6.07) is 16.6. The van der Waals surface area contributed by atoms with E-state index < -0.39 is 0 Å². The average molecular weight is 301 g/mol. The van der Waals surface area contributed by atoms with Crippen molar-refractivity contribution in [2.75, 3.05) is 5.73 Å². The molecule has 0 aliphatic heterocycles. The highest BCUT2D eigenvalue weighted by atomic mass is 32.1. The topological polar surface area (TPSA) is 26.0 Å². The average Bonchev–Trinajstić information content (AvgIpc) is 2.84. The third-order valence-electron chi connectivity index (χ3n) is 3.84. The number of rotatable bonds is 1. The highest BCUT2D eigenvalue weighted by Gasteiger charge is 2.09. The molecule has 2 N–H and O–H groups in total. The van der Waals surface area contributed by atoms with E-state index in [1.165, 1.54) is 31.7 Å². The number of thiophene rings is 1. The molecule has 1 nitrogen and oxygen atoms in total. The first kappa shape index (κ1) is 13.1. The van der Waals surface area contributed by atoms with Crippen LogP contribution in [0.25, 0.3) is 27.8 Å². The summed E-state index contributed by atoms with van der Waals surface area (Å²) in [6.45, 7) is 0. The molecule has 4 rings (SSSR count). The van der Waals surface area contributed by atoms with Crippen LogP contribution in [-0.2, 0) is 0 Å². The van der Waals surface area contributed by atoms with Crippen LogP contribution in [0.5, 0.6) is 0 Å². The third-order valence-corrected chi connectivity index (χ3v) is 4.97. The van der Waals surface area contributed by atoms with Gasteiger partial charge in [0.1, 0.15) is 0 Å².